The number of carbonyl (C=O) groups is 2. The van der Waals surface area contributed by atoms with Gasteiger partial charge in [-0.1, -0.05) is 65.2 Å². The number of ether oxygens (including phenoxy) is 3. The fourth-order valence-electron chi connectivity index (χ4n) is 3.55. The Hall–Kier alpha value is -2.89. The second-order valence-electron chi connectivity index (χ2n) is 8.74. The van der Waals surface area contributed by atoms with Crippen LogP contribution in [0.4, 0.5) is 4.39 Å². The summed E-state index contributed by atoms with van der Waals surface area (Å²) in [6, 6.07) is 12.8. The van der Waals surface area contributed by atoms with E-state index in [9.17, 15) is 14.0 Å². The molecule has 0 saturated heterocycles. The number of rotatable bonds is 17. The van der Waals surface area contributed by atoms with E-state index in [2.05, 4.69) is 13.8 Å². The van der Waals surface area contributed by atoms with Gasteiger partial charge < -0.3 is 14.2 Å². The smallest absolute Gasteiger partial charge is 0.346 e. The maximum absolute atomic E-state index is 14.0. The zero-order valence-corrected chi connectivity index (χ0v) is 21.1. The van der Waals surface area contributed by atoms with Gasteiger partial charge in [0.05, 0.1) is 12.2 Å². The van der Waals surface area contributed by atoms with Crippen LogP contribution in [0.3, 0.4) is 0 Å². The molecule has 1 atom stereocenters. The number of hydrogen-bond donors (Lipinski definition) is 0. The van der Waals surface area contributed by atoms with Crippen LogP contribution in [-0.4, -0.2) is 24.7 Å². The maximum atomic E-state index is 14.0. The number of unbranched alkanes of at least 4 members (excludes halogenated alkanes) is 8. The predicted molar refractivity (Wildman–Crippen MR) is 136 cm³/mol. The molecule has 0 aromatic heterocycles. The third-order valence-corrected chi connectivity index (χ3v) is 5.68. The third kappa shape index (κ3) is 11.4. The van der Waals surface area contributed by atoms with Crippen molar-refractivity contribution in [2.24, 2.45) is 0 Å². The standard InChI is InChI=1S/C29H39FO5/c1-3-5-7-9-10-12-22-33-24-16-14-23(15-17-24)28(31)34-25-18-20-26(21-19-25)35-29(32)27(30)13-11-8-6-4-2/h14-21,27H,3-13,22H2,1-2H3. The van der Waals surface area contributed by atoms with E-state index in [1.54, 1.807) is 24.3 Å². The van der Waals surface area contributed by atoms with Crippen molar-refractivity contribution in [1.29, 1.82) is 0 Å². The van der Waals surface area contributed by atoms with E-state index >= 15 is 0 Å². The molecule has 0 radical (unpaired) electrons. The van der Waals surface area contributed by atoms with Crippen LogP contribution in [0.2, 0.25) is 0 Å². The molecule has 6 heteroatoms. The molecule has 2 rings (SSSR count). The van der Waals surface area contributed by atoms with Gasteiger partial charge >= 0.3 is 11.9 Å². The summed E-state index contributed by atoms with van der Waals surface area (Å²) < 4.78 is 30.2. The first-order valence-electron chi connectivity index (χ1n) is 12.9. The molecule has 0 aliphatic carbocycles. The molecule has 0 bridgehead atoms. The molecule has 0 spiro atoms. The number of esters is 2. The van der Waals surface area contributed by atoms with Gasteiger partial charge in [0, 0.05) is 0 Å². The first kappa shape index (κ1) is 28.3. The quantitative estimate of drug-likeness (QED) is 0.129. The number of alkyl halides is 1. The third-order valence-electron chi connectivity index (χ3n) is 5.68. The normalized spacial score (nSPS) is 11.6. The van der Waals surface area contributed by atoms with Crippen molar-refractivity contribution in [3.05, 3.63) is 54.1 Å². The van der Waals surface area contributed by atoms with Gasteiger partial charge in [-0.05, 0) is 67.8 Å². The summed E-state index contributed by atoms with van der Waals surface area (Å²) in [5, 5.41) is 0. The second-order valence-corrected chi connectivity index (χ2v) is 8.74. The van der Waals surface area contributed by atoms with Crippen molar-refractivity contribution < 1.29 is 28.2 Å². The Morgan fingerprint density at radius 2 is 1.20 bits per heavy atom. The number of halogens is 1. The first-order valence-corrected chi connectivity index (χ1v) is 12.9. The maximum Gasteiger partial charge on any atom is 0.346 e. The Kier molecular flexibility index (Phi) is 13.5. The minimum absolute atomic E-state index is 0.164. The van der Waals surface area contributed by atoms with Crippen molar-refractivity contribution in [3.8, 4) is 17.2 Å². The van der Waals surface area contributed by atoms with E-state index < -0.39 is 18.1 Å². The second kappa shape index (κ2) is 16.7. The minimum Gasteiger partial charge on any atom is -0.494 e. The summed E-state index contributed by atoms with van der Waals surface area (Å²) in [5.74, 6) is -0.177. The van der Waals surface area contributed by atoms with Gasteiger partial charge in [-0.3, -0.25) is 0 Å². The Bertz CT molecular complexity index is 864. The molecule has 35 heavy (non-hydrogen) atoms. The highest BCUT2D eigenvalue weighted by Crippen LogP contribution is 2.21. The van der Waals surface area contributed by atoms with E-state index in [-0.39, 0.29) is 12.2 Å². The van der Waals surface area contributed by atoms with E-state index in [0.29, 0.717) is 24.3 Å². The Labute approximate surface area is 209 Å². The van der Waals surface area contributed by atoms with Gasteiger partial charge in [-0.15, -0.1) is 0 Å². The monoisotopic (exact) mass is 486 g/mol. The van der Waals surface area contributed by atoms with Gasteiger partial charge in [-0.25, -0.2) is 14.0 Å². The van der Waals surface area contributed by atoms with E-state index in [0.717, 1.165) is 37.9 Å². The fourth-order valence-corrected chi connectivity index (χ4v) is 3.55. The van der Waals surface area contributed by atoms with Crippen LogP contribution >= 0.6 is 0 Å². The van der Waals surface area contributed by atoms with Crippen molar-refractivity contribution >= 4 is 11.9 Å². The summed E-state index contributed by atoms with van der Waals surface area (Å²) in [7, 11) is 0. The van der Waals surface area contributed by atoms with Crippen LogP contribution in [0.5, 0.6) is 17.2 Å². The number of benzene rings is 2. The highest BCUT2D eigenvalue weighted by Gasteiger charge is 2.19. The number of carbonyl (C=O) groups excluding carboxylic acids is 2. The molecule has 2 aromatic rings. The van der Waals surface area contributed by atoms with E-state index in [4.69, 9.17) is 14.2 Å². The van der Waals surface area contributed by atoms with Crippen molar-refractivity contribution in [2.45, 2.75) is 90.6 Å². The topological polar surface area (TPSA) is 61.8 Å². The highest BCUT2D eigenvalue weighted by atomic mass is 19.1. The fraction of sp³-hybridized carbons (Fsp3) is 0.517. The molecule has 0 amide bonds. The van der Waals surface area contributed by atoms with Crippen molar-refractivity contribution in [3.63, 3.8) is 0 Å². The Balaban J connectivity index is 1.73. The summed E-state index contributed by atoms with van der Waals surface area (Å²) in [6.07, 6.45) is 9.39. The van der Waals surface area contributed by atoms with Crippen molar-refractivity contribution in [1.82, 2.24) is 0 Å². The molecule has 2 aromatic carbocycles. The zero-order valence-electron chi connectivity index (χ0n) is 21.1. The molecule has 192 valence electrons. The average molecular weight is 487 g/mol. The van der Waals surface area contributed by atoms with E-state index in [1.807, 2.05) is 0 Å². The lowest BCUT2D eigenvalue weighted by molar-refractivity contribution is -0.140. The summed E-state index contributed by atoms with van der Waals surface area (Å²) in [4.78, 5) is 24.3. The Morgan fingerprint density at radius 1 is 0.686 bits per heavy atom. The predicted octanol–water partition coefficient (Wildman–Crippen LogP) is 7.86. The zero-order chi connectivity index (χ0) is 25.3. The first-order chi connectivity index (χ1) is 17.0. The largest absolute Gasteiger partial charge is 0.494 e. The van der Waals surface area contributed by atoms with Crippen LogP contribution in [0.1, 0.15) is 94.8 Å². The lowest BCUT2D eigenvalue weighted by Gasteiger charge is -2.10. The van der Waals surface area contributed by atoms with Crippen LogP contribution in [0.15, 0.2) is 48.5 Å². The van der Waals surface area contributed by atoms with Gasteiger partial charge in [0.25, 0.3) is 0 Å². The molecule has 0 saturated carbocycles. The molecule has 0 aliphatic heterocycles. The van der Waals surface area contributed by atoms with Crippen LogP contribution in [0, 0.1) is 0 Å². The Morgan fingerprint density at radius 3 is 1.83 bits per heavy atom. The molecule has 0 aliphatic rings. The van der Waals surface area contributed by atoms with Crippen LogP contribution in [0.25, 0.3) is 0 Å². The van der Waals surface area contributed by atoms with Crippen LogP contribution < -0.4 is 14.2 Å². The van der Waals surface area contributed by atoms with E-state index in [1.165, 1.54) is 49.9 Å². The highest BCUT2D eigenvalue weighted by molar-refractivity contribution is 5.91. The molecule has 5 nitrogen and oxygen atoms in total. The van der Waals surface area contributed by atoms with Gasteiger partial charge in [0.15, 0.2) is 6.17 Å². The number of hydrogen-bond acceptors (Lipinski definition) is 5. The summed E-state index contributed by atoms with van der Waals surface area (Å²) >= 11 is 0. The van der Waals surface area contributed by atoms with Gasteiger partial charge in [-0.2, -0.15) is 0 Å². The average Bonchev–Trinajstić information content (AvgIpc) is 2.87. The molecule has 0 N–H and O–H groups in total. The lowest BCUT2D eigenvalue weighted by atomic mass is 10.1. The molecule has 0 fully saturated rings. The summed E-state index contributed by atoms with van der Waals surface area (Å²) in [6.45, 7) is 4.94. The molecular weight excluding hydrogens is 447 g/mol. The van der Waals surface area contributed by atoms with Crippen LogP contribution in [-0.2, 0) is 4.79 Å². The molecule has 0 heterocycles. The minimum atomic E-state index is -1.64. The van der Waals surface area contributed by atoms with Gasteiger partial charge in [0.1, 0.15) is 17.2 Å². The molecule has 1 unspecified atom stereocenters. The lowest BCUT2D eigenvalue weighted by Crippen LogP contribution is -2.21. The molecular formula is C29H39FO5. The SMILES string of the molecule is CCCCCCCCOc1ccc(C(=O)Oc2ccc(OC(=O)C(F)CCCCCC)cc2)cc1. The van der Waals surface area contributed by atoms with Crippen molar-refractivity contribution in [2.75, 3.05) is 6.61 Å². The summed E-state index contributed by atoms with van der Waals surface area (Å²) in [5.41, 5.74) is 0.399. The van der Waals surface area contributed by atoms with Gasteiger partial charge in [0.2, 0.25) is 0 Å².